The summed E-state index contributed by atoms with van der Waals surface area (Å²) in [6, 6.07) is 5.54. The summed E-state index contributed by atoms with van der Waals surface area (Å²) < 4.78 is 5.36. The first-order chi connectivity index (χ1) is 8.70. The van der Waals surface area contributed by atoms with Crippen LogP contribution in [0.25, 0.3) is 6.08 Å². The Morgan fingerprint density at radius 3 is 2.67 bits per heavy atom. The monoisotopic (exact) mass is 244 g/mol. The fourth-order valence-electron chi connectivity index (χ4n) is 2.08. The normalized spacial score (nSPS) is 16.4. The number of hydrogen-bond donors (Lipinski definition) is 0. The van der Waals surface area contributed by atoms with E-state index in [9.17, 15) is 4.79 Å². The molecule has 0 aromatic carbocycles. The van der Waals surface area contributed by atoms with Crippen molar-refractivity contribution in [3.05, 3.63) is 29.2 Å². The van der Waals surface area contributed by atoms with Gasteiger partial charge in [0.15, 0.2) is 0 Å². The molecule has 0 saturated carbocycles. The highest BCUT2D eigenvalue weighted by Gasteiger charge is 2.20. The maximum absolute atomic E-state index is 12.1. The lowest BCUT2D eigenvalue weighted by Gasteiger charge is -2.26. The molecule has 4 heteroatoms. The van der Waals surface area contributed by atoms with Crippen LogP contribution >= 0.6 is 0 Å². The summed E-state index contributed by atoms with van der Waals surface area (Å²) >= 11 is 0. The quantitative estimate of drug-likeness (QED) is 0.593. The van der Waals surface area contributed by atoms with Crippen LogP contribution in [0, 0.1) is 18.3 Å². The third kappa shape index (κ3) is 2.80. The zero-order valence-corrected chi connectivity index (χ0v) is 10.5. The van der Waals surface area contributed by atoms with Crippen LogP contribution in [0.5, 0.6) is 0 Å². The average Bonchev–Trinajstić information content (AvgIpc) is 2.82. The number of furan rings is 1. The molecule has 2 rings (SSSR count). The molecule has 1 saturated heterocycles. The SMILES string of the molecule is Cc1ccc(/C=C(/C#N)C(=O)N2CCCCC2)o1. The fourth-order valence-corrected chi connectivity index (χ4v) is 2.08. The van der Waals surface area contributed by atoms with Gasteiger partial charge in [0.05, 0.1) is 0 Å². The first-order valence-corrected chi connectivity index (χ1v) is 6.18. The molecule has 0 bridgehead atoms. The number of likely N-dealkylation sites (tertiary alicyclic amines) is 1. The van der Waals surface area contributed by atoms with E-state index in [0.717, 1.165) is 38.1 Å². The Morgan fingerprint density at radius 1 is 1.39 bits per heavy atom. The topological polar surface area (TPSA) is 57.2 Å². The summed E-state index contributed by atoms with van der Waals surface area (Å²) in [5, 5.41) is 9.09. The lowest BCUT2D eigenvalue weighted by Crippen LogP contribution is -2.36. The van der Waals surface area contributed by atoms with Gasteiger partial charge >= 0.3 is 0 Å². The highest BCUT2D eigenvalue weighted by Crippen LogP contribution is 2.15. The van der Waals surface area contributed by atoms with Crippen molar-refractivity contribution in [1.82, 2.24) is 4.90 Å². The molecule has 0 N–H and O–H groups in total. The van der Waals surface area contributed by atoms with Crippen molar-refractivity contribution >= 4 is 12.0 Å². The van der Waals surface area contributed by atoms with Gasteiger partial charge in [-0.1, -0.05) is 0 Å². The molecule has 4 nitrogen and oxygen atoms in total. The third-order valence-electron chi connectivity index (χ3n) is 3.04. The first-order valence-electron chi connectivity index (χ1n) is 6.18. The van der Waals surface area contributed by atoms with Crippen LogP contribution in [0.1, 0.15) is 30.8 Å². The summed E-state index contributed by atoms with van der Waals surface area (Å²) in [4.78, 5) is 13.9. The molecular formula is C14H16N2O2. The molecule has 0 radical (unpaired) electrons. The standard InChI is InChI=1S/C14H16N2O2/c1-11-5-6-13(18-11)9-12(10-15)14(17)16-7-3-2-4-8-16/h5-6,9H,2-4,7-8H2,1H3/b12-9-. The summed E-state index contributed by atoms with van der Waals surface area (Å²) in [7, 11) is 0. The van der Waals surface area contributed by atoms with Crippen molar-refractivity contribution in [3.8, 4) is 6.07 Å². The minimum atomic E-state index is -0.189. The van der Waals surface area contributed by atoms with Crippen LogP contribution in [-0.4, -0.2) is 23.9 Å². The number of rotatable bonds is 2. The average molecular weight is 244 g/mol. The van der Waals surface area contributed by atoms with Crippen molar-refractivity contribution in [2.45, 2.75) is 26.2 Å². The van der Waals surface area contributed by atoms with E-state index in [1.54, 1.807) is 11.0 Å². The molecule has 18 heavy (non-hydrogen) atoms. The lowest BCUT2D eigenvalue weighted by atomic mass is 10.1. The molecule has 0 spiro atoms. The molecule has 94 valence electrons. The van der Waals surface area contributed by atoms with Crippen LogP contribution in [0.4, 0.5) is 0 Å². The summed E-state index contributed by atoms with van der Waals surface area (Å²) in [5.41, 5.74) is 0.145. The Labute approximate surface area is 106 Å². The number of carbonyl (C=O) groups is 1. The molecule has 1 aromatic rings. The highest BCUT2D eigenvalue weighted by atomic mass is 16.3. The zero-order valence-electron chi connectivity index (χ0n) is 10.5. The number of carbonyl (C=O) groups excluding carboxylic acids is 1. The van der Waals surface area contributed by atoms with E-state index in [2.05, 4.69) is 0 Å². The van der Waals surface area contributed by atoms with E-state index in [1.165, 1.54) is 6.08 Å². The lowest BCUT2D eigenvalue weighted by molar-refractivity contribution is -0.127. The molecule has 0 atom stereocenters. The van der Waals surface area contributed by atoms with Gasteiger partial charge in [-0.05, 0) is 38.3 Å². The second kappa shape index (κ2) is 5.54. The van der Waals surface area contributed by atoms with Crippen molar-refractivity contribution in [2.75, 3.05) is 13.1 Å². The second-order valence-electron chi connectivity index (χ2n) is 4.47. The smallest absolute Gasteiger partial charge is 0.264 e. The molecule has 1 aromatic heterocycles. The van der Waals surface area contributed by atoms with Gasteiger partial charge in [0, 0.05) is 19.2 Å². The van der Waals surface area contributed by atoms with E-state index < -0.39 is 0 Å². The summed E-state index contributed by atoms with van der Waals surface area (Å²) in [6.45, 7) is 3.32. The molecule has 1 fully saturated rings. The molecule has 1 amide bonds. The van der Waals surface area contributed by atoms with Gasteiger partial charge in [0.1, 0.15) is 23.2 Å². The predicted octanol–water partition coefficient (Wildman–Crippen LogP) is 2.51. The van der Waals surface area contributed by atoms with Gasteiger partial charge in [-0.15, -0.1) is 0 Å². The number of amides is 1. The molecule has 0 aliphatic carbocycles. The second-order valence-corrected chi connectivity index (χ2v) is 4.47. The number of nitriles is 1. The minimum absolute atomic E-state index is 0.145. The van der Waals surface area contributed by atoms with Crippen molar-refractivity contribution < 1.29 is 9.21 Å². The Hall–Kier alpha value is -2.02. The van der Waals surface area contributed by atoms with Crippen molar-refractivity contribution in [1.29, 1.82) is 5.26 Å². The van der Waals surface area contributed by atoms with Crippen LogP contribution < -0.4 is 0 Å². The first kappa shape index (κ1) is 12.4. The van der Waals surface area contributed by atoms with Gasteiger partial charge in [-0.3, -0.25) is 4.79 Å². The third-order valence-corrected chi connectivity index (χ3v) is 3.04. The Morgan fingerprint density at radius 2 is 2.11 bits per heavy atom. The van der Waals surface area contributed by atoms with Gasteiger partial charge in [0.25, 0.3) is 5.91 Å². The number of hydrogen-bond acceptors (Lipinski definition) is 3. The molecular weight excluding hydrogens is 228 g/mol. The Balaban J connectivity index is 2.15. The highest BCUT2D eigenvalue weighted by molar-refractivity contribution is 6.01. The van der Waals surface area contributed by atoms with Crippen LogP contribution in [-0.2, 0) is 4.79 Å². The van der Waals surface area contributed by atoms with Gasteiger partial charge in [-0.2, -0.15) is 5.26 Å². The van der Waals surface area contributed by atoms with Crippen LogP contribution in [0.15, 0.2) is 22.1 Å². The Bertz CT molecular complexity index is 502. The summed E-state index contributed by atoms with van der Waals surface area (Å²) in [6.07, 6.45) is 4.71. The molecule has 0 unspecified atom stereocenters. The van der Waals surface area contributed by atoms with E-state index in [4.69, 9.17) is 9.68 Å². The van der Waals surface area contributed by atoms with E-state index in [1.807, 2.05) is 19.1 Å². The Kier molecular flexibility index (Phi) is 3.83. The zero-order chi connectivity index (χ0) is 13.0. The molecule has 2 heterocycles. The number of aryl methyl sites for hydroxylation is 1. The van der Waals surface area contributed by atoms with E-state index in [0.29, 0.717) is 5.76 Å². The predicted molar refractivity (Wildman–Crippen MR) is 67.5 cm³/mol. The van der Waals surface area contributed by atoms with Gasteiger partial charge < -0.3 is 9.32 Å². The molecule has 1 aliphatic rings. The minimum Gasteiger partial charge on any atom is -0.462 e. The van der Waals surface area contributed by atoms with Crippen molar-refractivity contribution in [2.24, 2.45) is 0 Å². The van der Waals surface area contributed by atoms with E-state index >= 15 is 0 Å². The maximum Gasteiger partial charge on any atom is 0.264 e. The van der Waals surface area contributed by atoms with E-state index in [-0.39, 0.29) is 11.5 Å². The molecule has 1 aliphatic heterocycles. The largest absolute Gasteiger partial charge is 0.462 e. The van der Waals surface area contributed by atoms with Gasteiger partial charge in [0.2, 0.25) is 0 Å². The van der Waals surface area contributed by atoms with Gasteiger partial charge in [-0.25, -0.2) is 0 Å². The van der Waals surface area contributed by atoms with Crippen LogP contribution in [0.3, 0.4) is 0 Å². The van der Waals surface area contributed by atoms with Crippen molar-refractivity contribution in [3.63, 3.8) is 0 Å². The fraction of sp³-hybridized carbons (Fsp3) is 0.429. The number of nitrogens with zero attached hydrogens (tertiary/aromatic N) is 2. The maximum atomic E-state index is 12.1. The van der Waals surface area contributed by atoms with Crippen LogP contribution in [0.2, 0.25) is 0 Å². The number of piperidine rings is 1. The summed E-state index contributed by atoms with van der Waals surface area (Å²) in [5.74, 6) is 1.13.